The average Bonchev–Trinajstić information content (AvgIpc) is 2.39. The highest BCUT2D eigenvalue weighted by Gasteiger charge is 1.99. The van der Waals surface area contributed by atoms with E-state index in [-0.39, 0.29) is 0 Å². The Balaban J connectivity index is 1.98. The molecule has 4 heteroatoms. The molecule has 1 aromatic heterocycles. The van der Waals surface area contributed by atoms with E-state index in [1.54, 1.807) is 12.4 Å². The van der Waals surface area contributed by atoms with Crippen LogP contribution in [-0.2, 0) is 6.54 Å². The van der Waals surface area contributed by atoms with E-state index in [2.05, 4.69) is 22.2 Å². The Labute approximate surface area is 101 Å². The average molecular weight is 229 g/mol. The highest BCUT2D eigenvalue weighted by Crippen LogP contribution is 2.17. The summed E-state index contributed by atoms with van der Waals surface area (Å²) in [7, 11) is 0. The van der Waals surface area contributed by atoms with Gasteiger partial charge in [0.1, 0.15) is 5.75 Å². The first kappa shape index (κ1) is 11.5. The van der Waals surface area contributed by atoms with Gasteiger partial charge in [0.2, 0.25) is 5.88 Å². The first-order chi connectivity index (χ1) is 8.38. The van der Waals surface area contributed by atoms with Crippen LogP contribution in [0.15, 0.2) is 42.7 Å². The Morgan fingerprint density at radius 1 is 1.12 bits per heavy atom. The summed E-state index contributed by atoms with van der Waals surface area (Å²) < 4.78 is 5.54. The Bertz CT molecular complexity index is 442. The van der Waals surface area contributed by atoms with Crippen LogP contribution in [0.25, 0.3) is 0 Å². The molecule has 2 aromatic rings. The maximum atomic E-state index is 5.54. The molecule has 0 unspecified atom stereocenters. The van der Waals surface area contributed by atoms with Crippen LogP contribution < -0.4 is 10.1 Å². The lowest BCUT2D eigenvalue weighted by molar-refractivity contribution is 0.459. The molecule has 0 aliphatic heterocycles. The fourth-order valence-electron chi connectivity index (χ4n) is 1.35. The molecule has 4 nitrogen and oxygen atoms in total. The molecular weight excluding hydrogens is 214 g/mol. The lowest BCUT2D eigenvalue weighted by Gasteiger charge is -2.05. The molecule has 1 N–H and O–H groups in total. The van der Waals surface area contributed by atoms with Gasteiger partial charge >= 0.3 is 0 Å². The Hall–Kier alpha value is -1.94. The summed E-state index contributed by atoms with van der Waals surface area (Å²) in [6, 6.07) is 9.55. The van der Waals surface area contributed by atoms with Gasteiger partial charge in [0.25, 0.3) is 0 Å². The van der Waals surface area contributed by atoms with E-state index in [9.17, 15) is 0 Å². The van der Waals surface area contributed by atoms with Gasteiger partial charge in [-0.25, -0.2) is 4.98 Å². The third-order valence-electron chi connectivity index (χ3n) is 2.20. The lowest BCUT2D eigenvalue weighted by Crippen LogP contribution is -2.13. The summed E-state index contributed by atoms with van der Waals surface area (Å²) >= 11 is 0. The van der Waals surface area contributed by atoms with Crippen molar-refractivity contribution in [1.82, 2.24) is 15.3 Å². The smallest absolute Gasteiger partial charge is 0.237 e. The number of hydrogen-bond donors (Lipinski definition) is 1. The van der Waals surface area contributed by atoms with Gasteiger partial charge in [0.05, 0.1) is 18.1 Å². The second kappa shape index (κ2) is 5.96. The van der Waals surface area contributed by atoms with Crippen molar-refractivity contribution in [2.75, 3.05) is 6.54 Å². The second-order valence-electron chi connectivity index (χ2n) is 3.54. The molecule has 0 spiro atoms. The van der Waals surface area contributed by atoms with E-state index >= 15 is 0 Å². The molecule has 0 amide bonds. The van der Waals surface area contributed by atoms with Gasteiger partial charge in [-0.3, -0.25) is 4.98 Å². The van der Waals surface area contributed by atoms with Crippen molar-refractivity contribution in [3.8, 4) is 11.6 Å². The van der Waals surface area contributed by atoms with Crippen molar-refractivity contribution < 1.29 is 4.74 Å². The molecule has 0 radical (unpaired) electrons. The summed E-state index contributed by atoms with van der Waals surface area (Å²) in [5.74, 6) is 1.28. The van der Waals surface area contributed by atoms with Crippen molar-refractivity contribution in [1.29, 1.82) is 0 Å². The third kappa shape index (κ3) is 3.53. The van der Waals surface area contributed by atoms with Crippen LogP contribution in [-0.4, -0.2) is 16.5 Å². The summed E-state index contributed by atoms with van der Waals surface area (Å²) in [4.78, 5) is 8.46. The van der Waals surface area contributed by atoms with Gasteiger partial charge in [0, 0.05) is 6.54 Å². The molecule has 88 valence electrons. The van der Waals surface area contributed by atoms with Gasteiger partial charge < -0.3 is 10.1 Å². The maximum Gasteiger partial charge on any atom is 0.237 e. The molecule has 1 heterocycles. The minimum Gasteiger partial charge on any atom is -0.438 e. The molecule has 0 saturated heterocycles. The molecular formula is C13H15N3O. The predicted octanol–water partition coefficient (Wildman–Crippen LogP) is 2.38. The van der Waals surface area contributed by atoms with Crippen LogP contribution in [0.1, 0.15) is 12.6 Å². The van der Waals surface area contributed by atoms with Crippen LogP contribution in [0.2, 0.25) is 0 Å². The number of benzene rings is 1. The van der Waals surface area contributed by atoms with Gasteiger partial charge in [-0.05, 0) is 18.7 Å². The minimum absolute atomic E-state index is 0.511. The Kier molecular flexibility index (Phi) is 4.05. The van der Waals surface area contributed by atoms with Gasteiger partial charge in [-0.1, -0.05) is 25.1 Å². The SMILES string of the molecule is CCNCc1cnc(Oc2ccccc2)cn1. The summed E-state index contributed by atoms with van der Waals surface area (Å²) in [6.45, 7) is 3.71. The number of nitrogens with zero attached hydrogens (tertiary/aromatic N) is 2. The zero-order valence-electron chi connectivity index (χ0n) is 9.76. The zero-order chi connectivity index (χ0) is 11.9. The van der Waals surface area contributed by atoms with Crippen molar-refractivity contribution in [2.45, 2.75) is 13.5 Å². The number of para-hydroxylation sites is 1. The first-order valence-electron chi connectivity index (χ1n) is 5.63. The van der Waals surface area contributed by atoms with Crippen LogP contribution in [0.3, 0.4) is 0 Å². The van der Waals surface area contributed by atoms with Gasteiger partial charge in [-0.2, -0.15) is 0 Å². The minimum atomic E-state index is 0.511. The number of rotatable bonds is 5. The molecule has 17 heavy (non-hydrogen) atoms. The van der Waals surface area contributed by atoms with Crippen LogP contribution in [0.4, 0.5) is 0 Å². The van der Waals surface area contributed by atoms with Crippen molar-refractivity contribution in [2.24, 2.45) is 0 Å². The standard InChI is InChI=1S/C13H15N3O/c1-2-14-8-11-9-16-13(10-15-11)17-12-6-4-3-5-7-12/h3-7,9-10,14H,2,8H2,1H3. The summed E-state index contributed by atoms with van der Waals surface area (Å²) in [5.41, 5.74) is 0.910. The number of aromatic nitrogens is 2. The number of ether oxygens (including phenoxy) is 1. The van der Waals surface area contributed by atoms with E-state index < -0.39 is 0 Å². The maximum absolute atomic E-state index is 5.54. The molecule has 0 atom stereocenters. The Morgan fingerprint density at radius 3 is 2.59 bits per heavy atom. The van der Waals surface area contributed by atoms with E-state index in [0.29, 0.717) is 5.88 Å². The van der Waals surface area contributed by atoms with Crippen LogP contribution >= 0.6 is 0 Å². The van der Waals surface area contributed by atoms with Crippen LogP contribution in [0, 0.1) is 0 Å². The highest BCUT2D eigenvalue weighted by molar-refractivity contribution is 5.25. The fraction of sp³-hybridized carbons (Fsp3) is 0.231. The number of nitrogens with one attached hydrogen (secondary N) is 1. The zero-order valence-corrected chi connectivity index (χ0v) is 9.76. The van der Waals surface area contributed by atoms with Gasteiger partial charge in [0.15, 0.2) is 0 Å². The molecule has 0 bridgehead atoms. The molecule has 1 aromatic carbocycles. The Morgan fingerprint density at radius 2 is 1.94 bits per heavy atom. The van der Waals surface area contributed by atoms with E-state index in [1.165, 1.54) is 0 Å². The summed E-state index contributed by atoms with van der Waals surface area (Å²) in [5, 5.41) is 3.19. The fourth-order valence-corrected chi connectivity index (χ4v) is 1.35. The van der Waals surface area contributed by atoms with Crippen molar-refractivity contribution in [3.05, 3.63) is 48.4 Å². The topological polar surface area (TPSA) is 47.0 Å². The molecule has 0 aliphatic carbocycles. The second-order valence-corrected chi connectivity index (χ2v) is 3.54. The third-order valence-corrected chi connectivity index (χ3v) is 2.20. The monoisotopic (exact) mass is 229 g/mol. The molecule has 2 rings (SSSR count). The largest absolute Gasteiger partial charge is 0.438 e. The molecule has 0 fully saturated rings. The van der Waals surface area contributed by atoms with E-state index in [1.807, 2.05) is 30.3 Å². The van der Waals surface area contributed by atoms with E-state index in [4.69, 9.17) is 4.74 Å². The van der Waals surface area contributed by atoms with Gasteiger partial charge in [-0.15, -0.1) is 0 Å². The quantitative estimate of drug-likeness (QED) is 0.855. The summed E-state index contributed by atoms with van der Waals surface area (Å²) in [6.07, 6.45) is 3.36. The molecule has 0 aliphatic rings. The van der Waals surface area contributed by atoms with E-state index in [0.717, 1.165) is 24.5 Å². The van der Waals surface area contributed by atoms with Crippen LogP contribution in [0.5, 0.6) is 11.6 Å². The van der Waals surface area contributed by atoms with Crippen molar-refractivity contribution in [3.63, 3.8) is 0 Å². The normalized spacial score (nSPS) is 10.2. The molecule has 0 saturated carbocycles. The lowest BCUT2D eigenvalue weighted by atomic mass is 10.3. The van der Waals surface area contributed by atoms with Crippen molar-refractivity contribution >= 4 is 0 Å². The highest BCUT2D eigenvalue weighted by atomic mass is 16.5. The predicted molar refractivity (Wildman–Crippen MR) is 65.9 cm³/mol. The number of hydrogen-bond acceptors (Lipinski definition) is 4. The first-order valence-corrected chi connectivity index (χ1v) is 5.63.